The second kappa shape index (κ2) is 2.99. The van der Waals surface area contributed by atoms with Crippen molar-refractivity contribution in [2.45, 2.75) is 76.2 Å². The van der Waals surface area contributed by atoms with Crippen molar-refractivity contribution >= 4 is 0 Å². The van der Waals surface area contributed by atoms with E-state index in [0.717, 1.165) is 29.6 Å². The Morgan fingerprint density at radius 3 is 1.65 bits per heavy atom. The van der Waals surface area contributed by atoms with Crippen LogP contribution in [0.4, 0.5) is 0 Å². The first kappa shape index (κ1) is 15.3. The van der Waals surface area contributed by atoms with Crippen LogP contribution in [0.5, 0.6) is 0 Å². The summed E-state index contributed by atoms with van der Waals surface area (Å²) in [6, 6.07) is 0. The summed E-state index contributed by atoms with van der Waals surface area (Å²) in [5.41, 5.74) is 3.83. The van der Waals surface area contributed by atoms with Crippen molar-refractivity contribution in [1.82, 2.24) is 0 Å². The largest absolute Gasteiger partial charge is 0.0619 e. The third-order valence-corrected chi connectivity index (χ3v) is 13.9. The Morgan fingerprint density at radius 1 is 0.609 bits per heavy atom. The van der Waals surface area contributed by atoms with Crippen LogP contribution in [0.25, 0.3) is 0 Å². The Kier molecular flexibility index (Phi) is 1.98. The molecule has 5 aliphatic carbocycles. The SMILES string of the molecule is CC1C(C)C2(C)C1[C@]1(C)C3C(C)([C@]21C)[C@@]1(C)C(C)(C)C(C)[C@@]31C. The number of rotatable bonds is 0. The third-order valence-electron chi connectivity index (χ3n) is 13.9. The van der Waals surface area contributed by atoms with Gasteiger partial charge in [0.25, 0.3) is 0 Å². The first-order chi connectivity index (χ1) is 10.2. The highest BCUT2D eigenvalue weighted by Crippen LogP contribution is 3.10. The number of hydrogen-bond donors (Lipinski definition) is 0. The van der Waals surface area contributed by atoms with E-state index in [1.54, 1.807) is 0 Å². The first-order valence-corrected chi connectivity index (χ1v) is 10.2. The first-order valence-electron chi connectivity index (χ1n) is 10.2. The molecule has 0 aromatic heterocycles. The van der Waals surface area contributed by atoms with Gasteiger partial charge in [0.05, 0.1) is 0 Å². The molecule has 0 saturated heterocycles. The number of hydrogen-bond acceptors (Lipinski definition) is 0. The summed E-state index contributed by atoms with van der Waals surface area (Å²) in [4.78, 5) is 0. The molecule has 7 unspecified atom stereocenters. The van der Waals surface area contributed by atoms with Crippen LogP contribution in [0.3, 0.4) is 0 Å². The molecule has 0 N–H and O–H groups in total. The lowest BCUT2D eigenvalue weighted by atomic mass is 8.94. The summed E-state index contributed by atoms with van der Waals surface area (Å²) in [6.07, 6.45) is 0. The smallest absolute Gasteiger partial charge is 0.0144 e. The predicted octanol–water partition coefficient (Wildman–Crippen LogP) is 6.26. The lowest BCUT2D eigenvalue weighted by Crippen LogP contribution is -3.06. The Labute approximate surface area is 144 Å². The lowest BCUT2D eigenvalue weighted by molar-refractivity contribution is -0.633. The standard InChI is InChI=1S/C23H38/c1-12-13(2)18(6)15(12)20(8)16-19(7)14(3)17(4,5)22(19,10)21(16,9)23(18,20)11/h12-16H,1-11H3/t12?,13?,14?,15?,16?,18?,19-,20+,21?,22-,23+/m0/s1. The molecule has 0 amide bonds. The highest BCUT2D eigenvalue weighted by Gasteiger charge is 3.06. The summed E-state index contributed by atoms with van der Waals surface area (Å²) < 4.78 is 0. The zero-order chi connectivity index (χ0) is 17.4. The van der Waals surface area contributed by atoms with Gasteiger partial charge in [0.1, 0.15) is 0 Å². The van der Waals surface area contributed by atoms with Crippen molar-refractivity contribution in [3.63, 3.8) is 0 Å². The molecule has 130 valence electrons. The van der Waals surface area contributed by atoms with E-state index in [0.29, 0.717) is 37.9 Å². The van der Waals surface area contributed by atoms with Crippen LogP contribution in [0.2, 0.25) is 0 Å². The third kappa shape index (κ3) is 0.727. The average Bonchev–Trinajstić information content (AvgIpc) is 2.49. The van der Waals surface area contributed by atoms with Gasteiger partial charge in [-0.15, -0.1) is 0 Å². The highest BCUT2D eigenvalue weighted by atomic mass is 15.1. The van der Waals surface area contributed by atoms with Gasteiger partial charge in [-0.2, -0.15) is 0 Å². The molecule has 0 radical (unpaired) electrons. The maximum absolute atomic E-state index is 2.71. The van der Waals surface area contributed by atoms with Gasteiger partial charge in [-0.05, 0) is 67.5 Å². The molecule has 23 heavy (non-hydrogen) atoms. The van der Waals surface area contributed by atoms with Gasteiger partial charge in [-0.25, -0.2) is 0 Å². The maximum Gasteiger partial charge on any atom is -0.0144 e. The molecule has 0 nitrogen and oxygen atoms in total. The Hall–Kier alpha value is 0. The Bertz CT molecular complexity index is 661. The van der Waals surface area contributed by atoms with E-state index in [-0.39, 0.29) is 0 Å². The Morgan fingerprint density at radius 2 is 1.13 bits per heavy atom. The van der Waals surface area contributed by atoms with Crippen LogP contribution in [-0.2, 0) is 0 Å². The van der Waals surface area contributed by atoms with Crippen LogP contribution in [-0.4, -0.2) is 0 Å². The fourth-order valence-corrected chi connectivity index (χ4v) is 12.6. The summed E-state index contributed by atoms with van der Waals surface area (Å²) in [7, 11) is 0. The highest BCUT2D eigenvalue weighted by molar-refractivity contribution is 5.53. The minimum atomic E-state index is 0.484. The van der Waals surface area contributed by atoms with E-state index in [4.69, 9.17) is 0 Å². The zero-order valence-corrected chi connectivity index (χ0v) is 17.4. The molecule has 0 spiro atoms. The van der Waals surface area contributed by atoms with E-state index in [9.17, 15) is 0 Å². The maximum atomic E-state index is 2.71. The van der Waals surface area contributed by atoms with Gasteiger partial charge < -0.3 is 0 Å². The topological polar surface area (TPSA) is 0 Å². The zero-order valence-electron chi connectivity index (χ0n) is 17.4. The molecule has 11 atom stereocenters. The summed E-state index contributed by atoms with van der Waals surface area (Å²) >= 11 is 0. The molecule has 5 aliphatic rings. The van der Waals surface area contributed by atoms with Crippen LogP contribution in [0, 0.1) is 67.5 Å². The fraction of sp³-hybridized carbons (Fsp3) is 1.00. The monoisotopic (exact) mass is 314 g/mol. The van der Waals surface area contributed by atoms with Gasteiger partial charge in [-0.1, -0.05) is 76.2 Å². The molecular formula is C23H38. The second-order valence-corrected chi connectivity index (χ2v) is 12.3. The van der Waals surface area contributed by atoms with E-state index in [2.05, 4.69) is 76.2 Å². The Balaban J connectivity index is 1.72. The molecule has 5 saturated carbocycles. The predicted molar refractivity (Wildman–Crippen MR) is 96.9 cm³/mol. The van der Waals surface area contributed by atoms with Gasteiger partial charge in [0.2, 0.25) is 0 Å². The fourth-order valence-electron chi connectivity index (χ4n) is 12.6. The van der Waals surface area contributed by atoms with Crippen LogP contribution >= 0.6 is 0 Å². The summed E-state index contributed by atoms with van der Waals surface area (Å²) in [6.45, 7) is 29.0. The molecule has 0 aliphatic heterocycles. The molecule has 0 heteroatoms. The number of fused-ring (bicyclic) bond motifs is 10. The minimum Gasteiger partial charge on any atom is -0.0619 e. The molecule has 5 fully saturated rings. The van der Waals surface area contributed by atoms with Crippen LogP contribution in [0.1, 0.15) is 76.2 Å². The van der Waals surface area contributed by atoms with Gasteiger partial charge >= 0.3 is 0 Å². The second-order valence-electron chi connectivity index (χ2n) is 12.3. The van der Waals surface area contributed by atoms with Crippen LogP contribution in [0.15, 0.2) is 0 Å². The molecule has 0 heterocycles. The van der Waals surface area contributed by atoms with E-state index in [1.807, 2.05) is 0 Å². The van der Waals surface area contributed by atoms with Crippen molar-refractivity contribution in [1.29, 1.82) is 0 Å². The van der Waals surface area contributed by atoms with Crippen molar-refractivity contribution < 1.29 is 0 Å². The van der Waals surface area contributed by atoms with Crippen molar-refractivity contribution in [2.75, 3.05) is 0 Å². The van der Waals surface area contributed by atoms with E-state index in [1.165, 1.54) is 0 Å². The summed E-state index contributed by atoms with van der Waals surface area (Å²) in [5.74, 6) is 4.62. The molecule has 0 aromatic carbocycles. The molecular weight excluding hydrogens is 276 g/mol. The van der Waals surface area contributed by atoms with Gasteiger partial charge in [-0.3, -0.25) is 0 Å². The summed E-state index contributed by atoms with van der Waals surface area (Å²) in [5, 5.41) is 0. The van der Waals surface area contributed by atoms with E-state index >= 15 is 0 Å². The minimum absolute atomic E-state index is 0.484. The quantitative estimate of drug-likeness (QED) is 0.463. The van der Waals surface area contributed by atoms with Crippen molar-refractivity contribution in [3.8, 4) is 0 Å². The van der Waals surface area contributed by atoms with Gasteiger partial charge in [0.15, 0.2) is 0 Å². The van der Waals surface area contributed by atoms with Crippen LogP contribution < -0.4 is 0 Å². The molecule has 0 aromatic rings. The van der Waals surface area contributed by atoms with Crippen molar-refractivity contribution in [3.05, 3.63) is 0 Å². The lowest BCUT2D eigenvalue weighted by Gasteiger charge is -3.09. The molecule has 0 bridgehead atoms. The normalized spacial score (nSPS) is 79.2. The average molecular weight is 315 g/mol. The van der Waals surface area contributed by atoms with Gasteiger partial charge in [0, 0.05) is 0 Å². The molecule has 5 rings (SSSR count). The van der Waals surface area contributed by atoms with Crippen molar-refractivity contribution in [2.24, 2.45) is 67.5 Å². The van der Waals surface area contributed by atoms with E-state index < -0.39 is 0 Å².